The highest BCUT2D eigenvalue weighted by Crippen LogP contribution is 2.24. The van der Waals surface area contributed by atoms with Crippen LogP contribution in [0.4, 0.5) is 20.2 Å². The summed E-state index contributed by atoms with van der Waals surface area (Å²) < 4.78 is 27.1. The molecule has 0 saturated heterocycles. The van der Waals surface area contributed by atoms with Crippen LogP contribution in [-0.4, -0.2) is 10.8 Å². The van der Waals surface area contributed by atoms with Gasteiger partial charge in [-0.1, -0.05) is 17.7 Å². The molecule has 8 heteroatoms. The zero-order valence-electron chi connectivity index (χ0n) is 10.3. The summed E-state index contributed by atoms with van der Waals surface area (Å²) in [6.45, 7) is 0. The summed E-state index contributed by atoms with van der Waals surface area (Å²) in [5, 5.41) is 12.5. The number of carbonyl (C=O) groups excluding carboxylic acids is 1. The first-order chi connectivity index (χ1) is 9.90. The Morgan fingerprint density at radius 2 is 1.90 bits per heavy atom. The fourth-order valence-electron chi connectivity index (χ4n) is 1.62. The van der Waals surface area contributed by atoms with E-state index >= 15 is 0 Å². The number of nitro groups is 1. The predicted molar refractivity (Wildman–Crippen MR) is 72.4 cm³/mol. The molecule has 2 rings (SSSR count). The maximum atomic E-state index is 13.6. The van der Waals surface area contributed by atoms with Crippen molar-refractivity contribution in [3.63, 3.8) is 0 Å². The third-order valence-electron chi connectivity index (χ3n) is 2.60. The van der Waals surface area contributed by atoms with Gasteiger partial charge in [-0.05, 0) is 18.2 Å². The molecule has 2 aromatic rings. The summed E-state index contributed by atoms with van der Waals surface area (Å²) in [5.41, 5.74) is -1.31. The largest absolute Gasteiger partial charge is 0.319 e. The molecule has 0 atom stereocenters. The summed E-state index contributed by atoms with van der Waals surface area (Å²) in [7, 11) is 0. The number of non-ortho nitro benzene ring substituents is 1. The number of benzene rings is 2. The van der Waals surface area contributed by atoms with E-state index in [4.69, 9.17) is 11.6 Å². The van der Waals surface area contributed by atoms with Gasteiger partial charge in [-0.2, -0.15) is 0 Å². The zero-order valence-corrected chi connectivity index (χ0v) is 11.0. The third-order valence-corrected chi connectivity index (χ3v) is 2.91. The molecule has 0 aliphatic rings. The molecule has 0 unspecified atom stereocenters. The van der Waals surface area contributed by atoms with Gasteiger partial charge in [0.15, 0.2) is 0 Å². The number of carbonyl (C=O) groups is 1. The van der Waals surface area contributed by atoms with Gasteiger partial charge in [0.05, 0.1) is 21.2 Å². The second-order valence-corrected chi connectivity index (χ2v) is 4.38. The quantitative estimate of drug-likeness (QED) is 0.692. The standard InChI is InChI=1S/C13H7ClF2N2O3/c14-8-2-1-3-10(16)12(8)13(19)17-11-6-7(18(20)21)4-5-9(11)15/h1-6H,(H,17,19). The Morgan fingerprint density at radius 1 is 1.19 bits per heavy atom. The molecule has 0 aliphatic carbocycles. The molecule has 108 valence electrons. The zero-order chi connectivity index (χ0) is 15.6. The molecular formula is C13H7ClF2N2O3. The van der Waals surface area contributed by atoms with E-state index in [1.807, 2.05) is 0 Å². The highest BCUT2D eigenvalue weighted by atomic mass is 35.5. The second kappa shape index (κ2) is 5.84. The van der Waals surface area contributed by atoms with Gasteiger partial charge in [0.25, 0.3) is 11.6 Å². The van der Waals surface area contributed by atoms with Crippen molar-refractivity contribution in [2.45, 2.75) is 0 Å². The molecule has 0 aromatic heterocycles. The first kappa shape index (κ1) is 14.9. The first-order valence-electron chi connectivity index (χ1n) is 5.59. The molecule has 1 N–H and O–H groups in total. The molecule has 2 aromatic carbocycles. The molecular weight excluding hydrogens is 306 g/mol. The second-order valence-electron chi connectivity index (χ2n) is 3.97. The van der Waals surface area contributed by atoms with Crippen LogP contribution >= 0.6 is 11.6 Å². The van der Waals surface area contributed by atoms with Gasteiger partial charge >= 0.3 is 0 Å². The maximum Gasteiger partial charge on any atom is 0.271 e. The molecule has 0 radical (unpaired) electrons. The molecule has 0 aliphatic heterocycles. The minimum Gasteiger partial charge on any atom is -0.319 e. The SMILES string of the molecule is O=C(Nc1cc([N+](=O)[O-])ccc1F)c1c(F)cccc1Cl. The van der Waals surface area contributed by atoms with Crippen LogP contribution in [0.25, 0.3) is 0 Å². The molecule has 1 amide bonds. The van der Waals surface area contributed by atoms with Crippen molar-refractivity contribution in [2.75, 3.05) is 5.32 Å². The normalized spacial score (nSPS) is 10.2. The summed E-state index contributed by atoms with van der Waals surface area (Å²) >= 11 is 5.71. The number of nitro benzene ring substituents is 1. The van der Waals surface area contributed by atoms with E-state index in [9.17, 15) is 23.7 Å². The van der Waals surface area contributed by atoms with Crippen molar-refractivity contribution in [2.24, 2.45) is 0 Å². The number of hydrogen-bond acceptors (Lipinski definition) is 3. The van der Waals surface area contributed by atoms with E-state index < -0.39 is 39.4 Å². The number of hydrogen-bond donors (Lipinski definition) is 1. The van der Waals surface area contributed by atoms with Crippen molar-refractivity contribution in [3.8, 4) is 0 Å². The third kappa shape index (κ3) is 3.14. The van der Waals surface area contributed by atoms with Crippen LogP contribution in [0.1, 0.15) is 10.4 Å². The summed E-state index contributed by atoms with van der Waals surface area (Å²) in [6, 6.07) is 6.23. The number of rotatable bonds is 3. The minimum atomic E-state index is -1.00. The number of amides is 1. The lowest BCUT2D eigenvalue weighted by atomic mass is 10.2. The maximum absolute atomic E-state index is 13.6. The predicted octanol–water partition coefficient (Wildman–Crippen LogP) is 3.78. The fraction of sp³-hybridized carbons (Fsp3) is 0. The Morgan fingerprint density at radius 3 is 2.52 bits per heavy atom. The molecule has 0 fully saturated rings. The van der Waals surface area contributed by atoms with Crippen LogP contribution in [0.2, 0.25) is 5.02 Å². The van der Waals surface area contributed by atoms with Gasteiger partial charge in [-0.15, -0.1) is 0 Å². The van der Waals surface area contributed by atoms with Crippen molar-refractivity contribution >= 4 is 28.9 Å². The Kier molecular flexibility index (Phi) is 4.13. The molecule has 0 bridgehead atoms. The molecule has 5 nitrogen and oxygen atoms in total. The van der Waals surface area contributed by atoms with Crippen molar-refractivity contribution in [3.05, 3.63) is 68.7 Å². The Bertz CT molecular complexity index is 717. The highest BCUT2D eigenvalue weighted by Gasteiger charge is 2.18. The number of anilines is 1. The number of nitrogens with one attached hydrogen (secondary N) is 1. The van der Waals surface area contributed by atoms with Gasteiger partial charge < -0.3 is 5.32 Å². The van der Waals surface area contributed by atoms with Crippen molar-refractivity contribution in [1.82, 2.24) is 0 Å². The number of nitrogens with zero attached hydrogens (tertiary/aromatic N) is 1. The molecule has 0 spiro atoms. The van der Waals surface area contributed by atoms with E-state index in [-0.39, 0.29) is 5.02 Å². The van der Waals surface area contributed by atoms with Gasteiger partial charge in [0, 0.05) is 12.1 Å². The average molecular weight is 313 g/mol. The highest BCUT2D eigenvalue weighted by molar-refractivity contribution is 6.34. The lowest BCUT2D eigenvalue weighted by Crippen LogP contribution is -2.15. The van der Waals surface area contributed by atoms with Crippen LogP contribution in [0, 0.1) is 21.7 Å². The topological polar surface area (TPSA) is 72.2 Å². The van der Waals surface area contributed by atoms with Gasteiger partial charge in [0.2, 0.25) is 0 Å². The van der Waals surface area contributed by atoms with E-state index in [2.05, 4.69) is 5.32 Å². The van der Waals surface area contributed by atoms with Crippen LogP contribution in [0.15, 0.2) is 36.4 Å². The van der Waals surface area contributed by atoms with Crippen LogP contribution < -0.4 is 5.32 Å². The van der Waals surface area contributed by atoms with E-state index in [1.165, 1.54) is 12.1 Å². The Balaban J connectivity index is 2.36. The smallest absolute Gasteiger partial charge is 0.271 e. The lowest BCUT2D eigenvalue weighted by Gasteiger charge is -2.08. The fourth-order valence-corrected chi connectivity index (χ4v) is 1.87. The monoisotopic (exact) mass is 312 g/mol. The summed E-state index contributed by atoms with van der Waals surface area (Å²) in [6.07, 6.45) is 0. The van der Waals surface area contributed by atoms with E-state index in [0.717, 1.165) is 24.3 Å². The summed E-state index contributed by atoms with van der Waals surface area (Å²) in [5.74, 6) is -2.77. The first-order valence-corrected chi connectivity index (χ1v) is 5.97. The van der Waals surface area contributed by atoms with Crippen LogP contribution in [0.5, 0.6) is 0 Å². The van der Waals surface area contributed by atoms with Crippen molar-refractivity contribution < 1.29 is 18.5 Å². The average Bonchev–Trinajstić information content (AvgIpc) is 2.40. The molecule has 0 heterocycles. The Labute approximate surface area is 122 Å². The van der Waals surface area contributed by atoms with Crippen LogP contribution in [-0.2, 0) is 0 Å². The molecule has 21 heavy (non-hydrogen) atoms. The van der Waals surface area contributed by atoms with E-state index in [0.29, 0.717) is 0 Å². The van der Waals surface area contributed by atoms with Gasteiger partial charge in [-0.25, -0.2) is 8.78 Å². The minimum absolute atomic E-state index is 0.154. The van der Waals surface area contributed by atoms with Crippen LogP contribution in [0.3, 0.4) is 0 Å². The van der Waals surface area contributed by atoms with Crippen molar-refractivity contribution in [1.29, 1.82) is 0 Å². The van der Waals surface area contributed by atoms with E-state index in [1.54, 1.807) is 0 Å². The molecule has 0 saturated carbocycles. The van der Waals surface area contributed by atoms with Gasteiger partial charge in [0.1, 0.15) is 11.6 Å². The lowest BCUT2D eigenvalue weighted by molar-refractivity contribution is -0.384. The Hall–Kier alpha value is -2.54. The summed E-state index contributed by atoms with van der Waals surface area (Å²) in [4.78, 5) is 21.8. The number of halogens is 3. The van der Waals surface area contributed by atoms with Gasteiger partial charge in [-0.3, -0.25) is 14.9 Å².